The minimum absolute atomic E-state index is 0.0110. The zero-order valence-corrected chi connectivity index (χ0v) is 16.0. The summed E-state index contributed by atoms with van der Waals surface area (Å²) in [6.07, 6.45) is 10.6. The molecule has 2 rings (SSSR count). The van der Waals surface area contributed by atoms with Crippen LogP contribution in [0.25, 0.3) is 0 Å². The van der Waals surface area contributed by atoms with Gasteiger partial charge in [0.15, 0.2) is 0 Å². The summed E-state index contributed by atoms with van der Waals surface area (Å²) in [5.41, 5.74) is 7.84. The van der Waals surface area contributed by atoms with E-state index in [1.807, 2.05) is 12.1 Å². The summed E-state index contributed by atoms with van der Waals surface area (Å²) in [6.45, 7) is 2.94. The third-order valence-corrected chi connectivity index (χ3v) is 5.17. The number of halogens is 1. The van der Waals surface area contributed by atoms with E-state index in [1.165, 1.54) is 44.1 Å². The van der Waals surface area contributed by atoms with E-state index in [0.717, 1.165) is 19.3 Å². The van der Waals surface area contributed by atoms with Crippen LogP contribution in [0, 0.1) is 0 Å². The monoisotopic (exact) mass is 363 g/mol. The molecule has 0 aliphatic carbocycles. The number of nitrogens with two attached hydrogens (primary N) is 1. The maximum Gasteiger partial charge on any atom is 0.254 e. The second-order valence-electron chi connectivity index (χ2n) is 6.88. The Balaban J connectivity index is 1.85. The molecule has 1 atom stereocenters. The predicted octanol–water partition coefficient (Wildman–Crippen LogP) is 4.71. The van der Waals surface area contributed by atoms with Gasteiger partial charge >= 0.3 is 0 Å². The first-order valence-electron chi connectivity index (χ1n) is 9.51. The Morgan fingerprint density at radius 2 is 1.88 bits per heavy atom. The number of carbonyl (C=O) groups is 1. The first-order valence-corrected chi connectivity index (χ1v) is 9.85. The van der Waals surface area contributed by atoms with Crippen molar-refractivity contribution < 1.29 is 4.79 Å². The van der Waals surface area contributed by atoms with Crippen molar-refractivity contribution in [3.63, 3.8) is 0 Å². The van der Waals surface area contributed by atoms with Gasteiger partial charge in [-0.3, -0.25) is 4.79 Å². The van der Waals surface area contributed by atoms with Gasteiger partial charge in [0.25, 0.3) is 5.91 Å². The number of carbonyl (C=O) groups excluding carboxylic acids is 1. The maximum absolute atomic E-state index is 12.7. The number of aryl methyl sites for hydroxylation is 1. The van der Waals surface area contributed by atoms with E-state index in [9.17, 15) is 4.79 Å². The van der Waals surface area contributed by atoms with Crippen LogP contribution in [0.4, 0.5) is 0 Å². The van der Waals surface area contributed by atoms with Crippen molar-refractivity contribution in [2.24, 2.45) is 10.2 Å². The van der Waals surface area contributed by atoms with Gasteiger partial charge in [0.2, 0.25) is 0 Å². The van der Waals surface area contributed by atoms with Gasteiger partial charge in [-0.2, -0.15) is 4.51 Å². The maximum atomic E-state index is 12.7. The van der Waals surface area contributed by atoms with Crippen molar-refractivity contribution >= 4 is 23.5 Å². The van der Waals surface area contributed by atoms with E-state index in [2.05, 4.69) is 23.6 Å². The highest BCUT2D eigenvalue weighted by atomic mass is 35.5. The fourth-order valence-corrected chi connectivity index (χ4v) is 3.58. The Bertz CT molecular complexity index is 571. The van der Waals surface area contributed by atoms with Gasteiger partial charge in [-0.25, -0.2) is 0 Å². The van der Waals surface area contributed by atoms with E-state index in [1.54, 1.807) is 4.90 Å². The summed E-state index contributed by atoms with van der Waals surface area (Å²) in [5, 5.41) is 0. The van der Waals surface area contributed by atoms with E-state index in [0.29, 0.717) is 17.9 Å². The molecule has 1 saturated heterocycles. The number of amidine groups is 1. The third-order valence-electron chi connectivity index (χ3n) is 4.97. The van der Waals surface area contributed by atoms with Crippen molar-refractivity contribution in [3.05, 3.63) is 35.4 Å². The van der Waals surface area contributed by atoms with Crippen LogP contribution in [0.2, 0.25) is 0 Å². The predicted molar refractivity (Wildman–Crippen MR) is 105 cm³/mol. The molecule has 0 bridgehead atoms. The molecule has 0 saturated carbocycles. The molecule has 25 heavy (non-hydrogen) atoms. The average molecular weight is 364 g/mol. The SMILES string of the molecule is CCCCCCCCc1ccc(C(=O)N2CCC[C@H]2/C(N)=N\Cl)cc1. The lowest BCUT2D eigenvalue weighted by molar-refractivity contribution is 0.0769. The van der Waals surface area contributed by atoms with Crippen LogP contribution >= 0.6 is 11.8 Å². The van der Waals surface area contributed by atoms with Crippen LogP contribution in [-0.4, -0.2) is 29.2 Å². The van der Waals surface area contributed by atoms with E-state index < -0.39 is 0 Å². The van der Waals surface area contributed by atoms with Gasteiger partial charge in [0, 0.05) is 23.9 Å². The second kappa shape index (κ2) is 10.4. The molecule has 0 unspecified atom stereocenters. The summed E-state index contributed by atoms with van der Waals surface area (Å²) in [5.74, 6) is 0.337. The van der Waals surface area contributed by atoms with E-state index in [-0.39, 0.29) is 11.9 Å². The molecular weight excluding hydrogens is 334 g/mol. The Morgan fingerprint density at radius 1 is 1.20 bits per heavy atom. The summed E-state index contributed by atoms with van der Waals surface area (Å²) in [6, 6.07) is 7.83. The zero-order valence-electron chi connectivity index (χ0n) is 15.2. The molecule has 2 N–H and O–H groups in total. The fraction of sp³-hybridized carbons (Fsp3) is 0.600. The number of unbranched alkanes of at least 4 members (excludes halogenated alkanes) is 5. The normalized spacial score (nSPS) is 17.9. The number of hydrogen-bond acceptors (Lipinski definition) is 2. The highest BCUT2D eigenvalue weighted by Crippen LogP contribution is 2.21. The van der Waals surface area contributed by atoms with Crippen LogP contribution in [0.5, 0.6) is 0 Å². The van der Waals surface area contributed by atoms with Crippen LogP contribution in [0.3, 0.4) is 0 Å². The first-order chi connectivity index (χ1) is 12.2. The summed E-state index contributed by atoms with van der Waals surface area (Å²) in [4.78, 5) is 14.5. The van der Waals surface area contributed by atoms with Crippen LogP contribution in [0.1, 0.15) is 74.2 Å². The van der Waals surface area contributed by atoms with Crippen LogP contribution < -0.4 is 5.73 Å². The Kier molecular flexibility index (Phi) is 8.26. The standard InChI is InChI=1S/C20H30ClN3O/c1-2-3-4-5-6-7-9-16-11-13-17(14-12-16)20(25)24-15-8-10-18(24)19(22)23-21/h11-14,18H,2-10,15H2,1H3,(H2,22,23)/t18-/m0/s1. The molecule has 1 aliphatic heterocycles. The number of hydrogen-bond donors (Lipinski definition) is 1. The number of likely N-dealkylation sites (tertiary alicyclic amines) is 1. The Morgan fingerprint density at radius 3 is 2.56 bits per heavy atom. The lowest BCUT2D eigenvalue weighted by Gasteiger charge is -2.23. The van der Waals surface area contributed by atoms with E-state index >= 15 is 0 Å². The number of nitrogens with zero attached hydrogens (tertiary/aromatic N) is 2. The summed E-state index contributed by atoms with van der Waals surface area (Å²) >= 11 is 5.48. The molecular formula is C20H30ClN3O. The topological polar surface area (TPSA) is 58.7 Å². The summed E-state index contributed by atoms with van der Waals surface area (Å²) in [7, 11) is 0. The molecule has 0 aromatic heterocycles. The summed E-state index contributed by atoms with van der Waals surface area (Å²) < 4.78 is 3.54. The van der Waals surface area contributed by atoms with Crippen molar-refractivity contribution in [2.75, 3.05) is 6.54 Å². The quantitative estimate of drug-likeness (QED) is 0.392. The van der Waals surface area contributed by atoms with Crippen molar-refractivity contribution in [2.45, 2.75) is 70.8 Å². The highest BCUT2D eigenvalue weighted by Gasteiger charge is 2.31. The van der Waals surface area contributed by atoms with Gasteiger partial charge in [0.1, 0.15) is 5.84 Å². The molecule has 0 radical (unpaired) electrons. The van der Waals surface area contributed by atoms with Crippen molar-refractivity contribution in [1.82, 2.24) is 4.90 Å². The highest BCUT2D eigenvalue weighted by molar-refractivity contribution is 6.20. The molecule has 138 valence electrons. The molecule has 1 aliphatic rings. The van der Waals surface area contributed by atoms with Crippen LogP contribution in [-0.2, 0) is 6.42 Å². The minimum Gasteiger partial charge on any atom is -0.384 e. The van der Waals surface area contributed by atoms with Gasteiger partial charge in [0.05, 0.1) is 6.04 Å². The second-order valence-corrected chi connectivity index (χ2v) is 7.05. The molecule has 1 aromatic rings. The molecule has 1 heterocycles. The third kappa shape index (κ3) is 5.74. The molecule has 4 nitrogen and oxygen atoms in total. The van der Waals surface area contributed by atoms with Gasteiger partial charge < -0.3 is 10.6 Å². The Hall–Kier alpha value is -1.55. The lowest BCUT2D eigenvalue weighted by Crippen LogP contribution is -2.43. The molecule has 1 fully saturated rings. The Labute approximate surface area is 156 Å². The van der Waals surface area contributed by atoms with Crippen molar-refractivity contribution in [3.8, 4) is 0 Å². The fourth-order valence-electron chi connectivity index (χ4n) is 3.46. The van der Waals surface area contributed by atoms with Gasteiger partial charge in [-0.05, 0) is 43.4 Å². The van der Waals surface area contributed by atoms with Crippen molar-refractivity contribution in [1.29, 1.82) is 0 Å². The molecule has 1 amide bonds. The lowest BCUT2D eigenvalue weighted by atomic mass is 10.0. The number of amides is 1. The van der Waals surface area contributed by atoms with Crippen LogP contribution in [0.15, 0.2) is 28.8 Å². The number of benzene rings is 1. The number of rotatable bonds is 9. The largest absolute Gasteiger partial charge is 0.384 e. The minimum atomic E-state index is -0.173. The smallest absolute Gasteiger partial charge is 0.254 e. The molecule has 1 aromatic carbocycles. The first kappa shape index (κ1) is 19.8. The van der Waals surface area contributed by atoms with Gasteiger partial charge in [-0.15, -0.1) is 0 Å². The van der Waals surface area contributed by atoms with Gasteiger partial charge in [-0.1, -0.05) is 51.2 Å². The molecule has 5 heteroatoms. The molecule has 0 spiro atoms. The zero-order chi connectivity index (χ0) is 18.1. The average Bonchev–Trinajstić information content (AvgIpc) is 3.13. The van der Waals surface area contributed by atoms with E-state index in [4.69, 9.17) is 17.5 Å².